The highest BCUT2D eigenvalue weighted by Gasteiger charge is 2.21. The van der Waals surface area contributed by atoms with E-state index < -0.39 is 0 Å². The maximum Gasteiger partial charge on any atom is 0.128 e. The second-order valence-corrected chi connectivity index (χ2v) is 5.32. The first-order valence-corrected chi connectivity index (χ1v) is 7.28. The molecule has 0 saturated carbocycles. The molecule has 4 nitrogen and oxygen atoms in total. The zero-order valence-corrected chi connectivity index (χ0v) is 12.0. The summed E-state index contributed by atoms with van der Waals surface area (Å²) in [5.74, 6) is 1.03. The number of hydrogen-bond donors (Lipinski definition) is 1. The van der Waals surface area contributed by atoms with Crippen molar-refractivity contribution in [1.82, 2.24) is 4.98 Å². The highest BCUT2D eigenvalue weighted by Crippen LogP contribution is 2.22. The van der Waals surface area contributed by atoms with Crippen molar-refractivity contribution in [1.29, 1.82) is 0 Å². The third-order valence-corrected chi connectivity index (χ3v) is 3.56. The van der Waals surface area contributed by atoms with E-state index in [4.69, 9.17) is 10.5 Å². The molecule has 1 aromatic heterocycles. The molecule has 0 spiro atoms. The van der Waals surface area contributed by atoms with Crippen molar-refractivity contribution in [3.63, 3.8) is 0 Å². The largest absolute Gasteiger partial charge is 0.376 e. The Kier molecular flexibility index (Phi) is 5.16. The van der Waals surface area contributed by atoms with Crippen LogP contribution in [0.25, 0.3) is 0 Å². The molecule has 2 rings (SSSR count). The Morgan fingerprint density at radius 1 is 1.58 bits per heavy atom. The average molecular weight is 263 g/mol. The van der Waals surface area contributed by atoms with E-state index in [9.17, 15) is 0 Å². The number of ether oxygens (including phenoxy) is 1. The zero-order chi connectivity index (χ0) is 13.7. The van der Waals surface area contributed by atoms with Gasteiger partial charge in [0.15, 0.2) is 0 Å². The van der Waals surface area contributed by atoms with Crippen LogP contribution >= 0.6 is 0 Å². The maximum absolute atomic E-state index is 5.93. The lowest BCUT2D eigenvalue weighted by Crippen LogP contribution is -2.40. The van der Waals surface area contributed by atoms with Gasteiger partial charge in [-0.15, -0.1) is 0 Å². The Hall–Kier alpha value is -1.13. The van der Waals surface area contributed by atoms with Crippen molar-refractivity contribution in [3.05, 3.63) is 23.9 Å². The minimum absolute atomic E-state index is 0.0543. The van der Waals surface area contributed by atoms with E-state index in [1.807, 2.05) is 19.2 Å². The summed E-state index contributed by atoms with van der Waals surface area (Å²) in [5.41, 5.74) is 7.07. The van der Waals surface area contributed by atoms with E-state index in [1.54, 1.807) is 0 Å². The summed E-state index contributed by atoms with van der Waals surface area (Å²) >= 11 is 0. The van der Waals surface area contributed by atoms with E-state index in [1.165, 1.54) is 6.42 Å². The molecule has 2 heterocycles. The quantitative estimate of drug-likeness (QED) is 0.887. The molecule has 0 radical (unpaired) electrons. The van der Waals surface area contributed by atoms with E-state index in [2.05, 4.69) is 22.9 Å². The van der Waals surface area contributed by atoms with E-state index in [0.29, 0.717) is 6.10 Å². The zero-order valence-electron chi connectivity index (χ0n) is 12.0. The number of piperidine rings is 1. The number of nitrogens with zero attached hydrogens (tertiary/aromatic N) is 2. The van der Waals surface area contributed by atoms with Gasteiger partial charge in [-0.25, -0.2) is 4.98 Å². The number of nitrogens with two attached hydrogens (primary N) is 1. The Morgan fingerprint density at radius 3 is 3.16 bits per heavy atom. The predicted octanol–water partition coefficient (Wildman–Crippen LogP) is 2.50. The smallest absolute Gasteiger partial charge is 0.128 e. The molecule has 1 aliphatic rings. The average Bonchev–Trinajstić information content (AvgIpc) is 2.45. The number of pyridine rings is 1. The highest BCUT2D eigenvalue weighted by molar-refractivity contribution is 5.42. The van der Waals surface area contributed by atoms with E-state index in [0.717, 1.165) is 43.9 Å². The lowest BCUT2D eigenvalue weighted by molar-refractivity contribution is 0.0439. The molecule has 1 aromatic rings. The Bertz CT molecular complexity index is 395. The molecule has 19 heavy (non-hydrogen) atoms. The molecule has 1 saturated heterocycles. The summed E-state index contributed by atoms with van der Waals surface area (Å²) in [4.78, 5) is 6.79. The van der Waals surface area contributed by atoms with Crippen LogP contribution in [0.4, 0.5) is 5.82 Å². The first-order valence-electron chi connectivity index (χ1n) is 7.28. The third-order valence-electron chi connectivity index (χ3n) is 3.56. The van der Waals surface area contributed by atoms with Crippen LogP contribution in [-0.4, -0.2) is 30.8 Å². The van der Waals surface area contributed by atoms with Gasteiger partial charge >= 0.3 is 0 Å². The van der Waals surface area contributed by atoms with Crippen molar-refractivity contribution in [2.45, 2.75) is 45.3 Å². The maximum atomic E-state index is 5.93. The first kappa shape index (κ1) is 14.3. The summed E-state index contributed by atoms with van der Waals surface area (Å²) in [5, 5.41) is 0. The summed E-state index contributed by atoms with van der Waals surface area (Å²) in [6, 6.07) is 4.15. The highest BCUT2D eigenvalue weighted by atomic mass is 16.5. The molecule has 1 unspecified atom stereocenters. The van der Waals surface area contributed by atoms with Crippen molar-refractivity contribution in [3.8, 4) is 0 Å². The number of rotatable bonds is 5. The normalized spacial score (nSPS) is 21.4. The minimum atomic E-state index is 0.0543. The summed E-state index contributed by atoms with van der Waals surface area (Å²) in [7, 11) is 0. The molecule has 1 aliphatic heterocycles. The van der Waals surface area contributed by atoms with Gasteiger partial charge in [-0.3, -0.25) is 0 Å². The molecule has 2 N–H and O–H groups in total. The monoisotopic (exact) mass is 263 g/mol. The van der Waals surface area contributed by atoms with Gasteiger partial charge in [0, 0.05) is 31.9 Å². The summed E-state index contributed by atoms with van der Waals surface area (Å²) < 4.78 is 5.87. The number of anilines is 1. The van der Waals surface area contributed by atoms with Gasteiger partial charge in [-0.2, -0.15) is 0 Å². The molecule has 106 valence electrons. The molecule has 0 aromatic carbocycles. The minimum Gasteiger partial charge on any atom is -0.376 e. The van der Waals surface area contributed by atoms with Crippen LogP contribution in [0.5, 0.6) is 0 Å². The van der Waals surface area contributed by atoms with Crippen molar-refractivity contribution in [2.75, 3.05) is 24.6 Å². The van der Waals surface area contributed by atoms with Crippen LogP contribution in [0.1, 0.15) is 44.7 Å². The van der Waals surface area contributed by atoms with Crippen LogP contribution in [0.3, 0.4) is 0 Å². The SMILES string of the molecule is CCCOC1CCCN(c2cc([C@H](C)N)ccn2)C1. The summed E-state index contributed by atoms with van der Waals surface area (Å²) in [6.07, 6.45) is 5.59. The van der Waals surface area contributed by atoms with Crippen LogP contribution < -0.4 is 10.6 Å². The van der Waals surface area contributed by atoms with Crippen LogP contribution in [-0.2, 0) is 4.74 Å². The summed E-state index contributed by atoms with van der Waals surface area (Å²) in [6.45, 7) is 7.00. The molecular formula is C15H25N3O. The van der Waals surface area contributed by atoms with E-state index in [-0.39, 0.29) is 6.04 Å². The van der Waals surface area contributed by atoms with Gasteiger partial charge in [0.2, 0.25) is 0 Å². The fourth-order valence-electron chi connectivity index (χ4n) is 2.46. The van der Waals surface area contributed by atoms with Crippen molar-refractivity contribution >= 4 is 5.82 Å². The fourth-order valence-corrected chi connectivity index (χ4v) is 2.46. The third kappa shape index (κ3) is 3.91. The second-order valence-electron chi connectivity index (χ2n) is 5.32. The van der Waals surface area contributed by atoms with Gasteiger partial charge in [0.1, 0.15) is 5.82 Å². The Labute approximate surface area is 116 Å². The Morgan fingerprint density at radius 2 is 2.42 bits per heavy atom. The number of aromatic nitrogens is 1. The lowest BCUT2D eigenvalue weighted by atomic mass is 10.1. The number of hydrogen-bond acceptors (Lipinski definition) is 4. The fraction of sp³-hybridized carbons (Fsp3) is 0.667. The molecule has 4 heteroatoms. The molecule has 0 amide bonds. The predicted molar refractivity (Wildman–Crippen MR) is 78.3 cm³/mol. The van der Waals surface area contributed by atoms with Gasteiger partial charge in [-0.05, 0) is 43.9 Å². The standard InChI is InChI=1S/C15H25N3O/c1-3-9-19-14-5-4-8-18(11-14)15-10-13(12(2)16)6-7-17-15/h6-7,10,12,14H,3-5,8-9,11,16H2,1-2H3/t12-,14?/m0/s1. The molecule has 1 fully saturated rings. The molecule has 0 aliphatic carbocycles. The molecule has 0 bridgehead atoms. The van der Waals surface area contributed by atoms with Crippen molar-refractivity contribution in [2.24, 2.45) is 5.73 Å². The van der Waals surface area contributed by atoms with Crippen molar-refractivity contribution < 1.29 is 4.74 Å². The van der Waals surface area contributed by atoms with E-state index >= 15 is 0 Å². The van der Waals surface area contributed by atoms with Gasteiger partial charge in [-0.1, -0.05) is 6.92 Å². The Balaban J connectivity index is 2.02. The first-order chi connectivity index (χ1) is 9.20. The lowest BCUT2D eigenvalue weighted by Gasteiger charge is -2.33. The molecular weight excluding hydrogens is 238 g/mol. The second kappa shape index (κ2) is 6.87. The van der Waals surface area contributed by atoms with Crippen LogP contribution in [0.2, 0.25) is 0 Å². The van der Waals surface area contributed by atoms with Gasteiger partial charge in [0.25, 0.3) is 0 Å². The van der Waals surface area contributed by atoms with Crippen LogP contribution in [0, 0.1) is 0 Å². The van der Waals surface area contributed by atoms with Crippen LogP contribution in [0.15, 0.2) is 18.3 Å². The van der Waals surface area contributed by atoms with Gasteiger partial charge in [0.05, 0.1) is 6.10 Å². The topological polar surface area (TPSA) is 51.4 Å². The van der Waals surface area contributed by atoms with Gasteiger partial charge < -0.3 is 15.4 Å². The molecule has 2 atom stereocenters.